The standard InChI is InChI=1S/C4H5N3O/c8-4-1-2-5-3-6-7-4/h1-3H,(H,5,6)(H,7,8). The molecular formula is C4H5N3O. The minimum absolute atomic E-state index is 0.192. The van der Waals surface area contributed by atoms with Gasteiger partial charge in [0.25, 0.3) is 5.91 Å². The first-order chi connectivity index (χ1) is 3.89. The SMILES string of the molecule is O=C1C=CN=CNN1. The molecule has 0 spiro atoms. The van der Waals surface area contributed by atoms with Crippen molar-refractivity contribution >= 4 is 12.2 Å². The maximum Gasteiger partial charge on any atom is 0.263 e. The van der Waals surface area contributed by atoms with Crippen molar-refractivity contribution in [3.63, 3.8) is 0 Å². The molecule has 1 aliphatic heterocycles. The van der Waals surface area contributed by atoms with Crippen LogP contribution in [0.25, 0.3) is 0 Å². The number of nitrogens with one attached hydrogen (secondary N) is 2. The average molecular weight is 111 g/mol. The number of carbonyl (C=O) groups excluding carboxylic acids is 1. The van der Waals surface area contributed by atoms with Gasteiger partial charge in [0.1, 0.15) is 6.34 Å². The molecule has 0 saturated carbocycles. The summed E-state index contributed by atoms with van der Waals surface area (Å²) in [7, 11) is 0. The van der Waals surface area contributed by atoms with Crippen LogP contribution < -0.4 is 10.9 Å². The topological polar surface area (TPSA) is 53.5 Å². The molecule has 0 aromatic rings. The minimum Gasteiger partial charge on any atom is -0.288 e. The molecule has 1 aliphatic rings. The van der Waals surface area contributed by atoms with Crippen LogP contribution in [-0.4, -0.2) is 12.2 Å². The molecule has 42 valence electrons. The lowest BCUT2D eigenvalue weighted by atomic mass is 10.6. The number of amides is 1. The highest BCUT2D eigenvalue weighted by atomic mass is 16.2. The van der Waals surface area contributed by atoms with Crippen LogP contribution >= 0.6 is 0 Å². The van der Waals surface area contributed by atoms with Crippen molar-refractivity contribution in [1.82, 2.24) is 10.9 Å². The molecule has 1 rings (SSSR count). The number of hydrazine groups is 1. The van der Waals surface area contributed by atoms with Crippen molar-refractivity contribution in [2.45, 2.75) is 0 Å². The summed E-state index contributed by atoms with van der Waals surface area (Å²) in [5, 5.41) is 0. The molecule has 0 atom stereocenters. The van der Waals surface area contributed by atoms with Crippen LogP contribution in [0.15, 0.2) is 17.3 Å². The van der Waals surface area contributed by atoms with E-state index in [0.29, 0.717) is 0 Å². The Bertz CT molecular complexity index is 149. The predicted molar refractivity (Wildman–Crippen MR) is 28.9 cm³/mol. The molecule has 8 heavy (non-hydrogen) atoms. The van der Waals surface area contributed by atoms with E-state index in [1.165, 1.54) is 18.6 Å². The zero-order chi connectivity index (χ0) is 5.82. The smallest absolute Gasteiger partial charge is 0.263 e. The second-order valence-electron chi connectivity index (χ2n) is 1.23. The van der Waals surface area contributed by atoms with E-state index < -0.39 is 0 Å². The molecule has 4 heteroatoms. The van der Waals surface area contributed by atoms with Gasteiger partial charge < -0.3 is 0 Å². The number of aliphatic imine (C=N–C) groups is 1. The predicted octanol–water partition coefficient (Wildman–Crippen LogP) is -0.837. The summed E-state index contributed by atoms with van der Waals surface area (Å²) in [6.45, 7) is 0. The van der Waals surface area contributed by atoms with E-state index in [4.69, 9.17) is 0 Å². The Balaban J connectivity index is 2.58. The van der Waals surface area contributed by atoms with E-state index in [2.05, 4.69) is 15.8 Å². The summed E-state index contributed by atoms with van der Waals surface area (Å²) < 4.78 is 0. The third kappa shape index (κ3) is 1.07. The lowest BCUT2D eigenvalue weighted by molar-refractivity contribution is -0.116. The van der Waals surface area contributed by atoms with Crippen LogP contribution in [0.3, 0.4) is 0 Å². The largest absolute Gasteiger partial charge is 0.288 e. The van der Waals surface area contributed by atoms with Gasteiger partial charge in [0.2, 0.25) is 0 Å². The molecule has 1 amide bonds. The molecule has 4 nitrogen and oxygen atoms in total. The Morgan fingerprint density at radius 1 is 1.62 bits per heavy atom. The second-order valence-corrected chi connectivity index (χ2v) is 1.23. The second kappa shape index (κ2) is 2.11. The highest BCUT2D eigenvalue weighted by Crippen LogP contribution is 1.74. The van der Waals surface area contributed by atoms with Crippen LogP contribution in [0.4, 0.5) is 0 Å². The molecule has 0 radical (unpaired) electrons. The molecule has 1 heterocycles. The van der Waals surface area contributed by atoms with Crippen molar-refractivity contribution in [3.05, 3.63) is 12.3 Å². The summed E-state index contributed by atoms with van der Waals surface area (Å²) in [5.41, 5.74) is 4.76. The van der Waals surface area contributed by atoms with Gasteiger partial charge in [0.05, 0.1) is 0 Å². The third-order valence-electron chi connectivity index (χ3n) is 0.646. The minimum atomic E-state index is -0.192. The monoisotopic (exact) mass is 111 g/mol. The highest BCUT2D eigenvalue weighted by molar-refractivity contribution is 5.88. The average Bonchev–Trinajstić information content (AvgIpc) is 1.94. The van der Waals surface area contributed by atoms with Crippen LogP contribution in [-0.2, 0) is 4.79 Å². The molecule has 0 aromatic carbocycles. The third-order valence-corrected chi connectivity index (χ3v) is 0.646. The van der Waals surface area contributed by atoms with E-state index >= 15 is 0 Å². The molecule has 0 aromatic heterocycles. The van der Waals surface area contributed by atoms with Crippen molar-refractivity contribution < 1.29 is 4.79 Å². The molecule has 2 N–H and O–H groups in total. The summed E-state index contributed by atoms with van der Waals surface area (Å²) >= 11 is 0. The Morgan fingerprint density at radius 2 is 2.50 bits per heavy atom. The summed E-state index contributed by atoms with van der Waals surface area (Å²) in [6, 6.07) is 0. The zero-order valence-electron chi connectivity index (χ0n) is 4.09. The number of nitrogens with zero attached hydrogens (tertiary/aromatic N) is 1. The Morgan fingerprint density at radius 3 is 3.38 bits per heavy atom. The van der Waals surface area contributed by atoms with E-state index in [1.54, 1.807) is 0 Å². The van der Waals surface area contributed by atoms with Crippen molar-refractivity contribution in [3.8, 4) is 0 Å². The summed E-state index contributed by atoms with van der Waals surface area (Å²) in [5.74, 6) is -0.192. The summed E-state index contributed by atoms with van der Waals surface area (Å²) in [6.07, 6.45) is 4.13. The van der Waals surface area contributed by atoms with Gasteiger partial charge in [0, 0.05) is 12.3 Å². The number of hydrogen-bond donors (Lipinski definition) is 2. The Kier molecular flexibility index (Phi) is 1.27. The van der Waals surface area contributed by atoms with Gasteiger partial charge in [-0.3, -0.25) is 15.6 Å². The van der Waals surface area contributed by atoms with Gasteiger partial charge >= 0.3 is 0 Å². The van der Waals surface area contributed by atoms with E-state index in [-0.39, 0.29) is 5.91 Å². The highest BCUT2D eigenvalue weighted by Gasteiger charge is 1.90. The first-order valence-corrected chi connectivity index (χ1v) is 2.13. The van der Waals surface area contributed by atoms with Gasteiger partial charge in [-0.25, -0.2) is 4.99 Å². The normalized spacial score (nSPS) is 16.8. The van der Waals surface area contributed by atoms with Gasteiger partial charge in [-0.1, -0.05) is 0 Å². The molecule has 0 aliphatic carbocycles. The van der Waals surface area contributed by atoms with Gasteiger partial charge in [0.15, 0.2) is 0 Å². The van der Waals surface area contributed by atoms with E-state index in [1.807, 2.05) is 0 Å². The molecule has 0 bridgehead atoms. The van der Waals surface area contributed by atoms with Gasteiger partial charge in [-0.05, 0) is 0 Å². The fourth-order valence-electron chi connectivity index (χ4n) is 0.336. The first kappa shape index (κ1) is 4.83. The van der Waals surface area contributed by atoms with E-state index in [0.717, 1.165) is 0 Å². The number of rotatable bonds is 0. The fourth-order valence-corrected chi connectivity index (χ4v) is 0.336. The van der Waals surface area contributed by atoms with Gasteiger partial charge in [-0.15, -0.1) is 0 Å². The van der Waals surface area contributed by atoms with Crippen LogP contribution in [0.5, 0.6) is 0 Å². The Hall–Kier alpha value is -1.32. The van der Waals surface area contributed by atoms with Crippen molar-refractivity contribution in [2.75, 3.05) is 0 Å². The Labute approximate surface area is 46.3 Å². The summed E-state index contributed by atoms with van der Waals surface area (Å²) in [4.78, 5) is 14.0. The molecular weight excluding hydrogens is 106 g/mol. The molecule has 0 unspecified atom stereocenters. The maximum atomic E-state index is 10.3. The van der Waals surface area contributed by atoms with Crippen LogP contribution in [0.2, 0.25) is 0 Å². The zero-order valence-corrected chi connectivity index (χ0v) is 4.09. The van der Waals surface area contributed by atoms with Gasteiger partial charge in [-0.2, -0.15) is 0 Å². The van der Waals surface area contributed by atoms with Crippen molar-refractivity contribution in [2.24, 2.45) is 4.99 Å². The van der Waals surface area contributed by atoms with Crippen LogP contribution in [0.1, 0.15) is 0 Å². The lowest BCUT2D eigenvalue weighted by Gasteiger charge is -1.93. The van der Waals surface area contributed by atoms with Crippen molar-refractivity contribution in [1.29, 1.82) is 0 Å². The lowest BCUT2D eigenvalue weighted by Crippen LogP contribution is -2.33. The fraction of sp³-hybridized carbons (Fsp3) is 0. The quantitative estimate of drug-likeness (QED) is 0.428. The number of hydrogen-bond acceptors (Lipinski definition) is 3. The number of carbonyl (C=O) groups is 1. The van der Waals surface area contributed by atoms with Crippen LogP contribution in [0, 0.1) is 0 Å². The molecule has 0 fully saturated rings. The van der Waals surface area contributed by atoms with E-state index in [9.17, 15) is 4.79 Å². The molecule has 0 saturated heterocycles. The maximum absolute atomic E-state index is 10.3. The first-order valence-electron chi connectivity index (χ1n) is 2.13.